The van der Waals surface area contributed by atoms with E-state index in [1.165, 1.54) is 19.3 Å². The van der Waals surface area contributed by atoms with Crippen LogP contribution in [0.5, 0.6) is 0 Å². The minimum Gasteiger partial charge on any atom is -0.358 e. The molecule has 1 aromatic carbocycles. The lowest BCUT2D eigenvalue weighted by Crippen LogP contribution is -1.77. The highest BCUT2D eigenvalue weighted by molar-refractivity contribution is 5.30. The molecule has 0 heteroatoms. The van der Waals surface area contributed by atoms with E-state index in [9.17, 15) is 0 Å². The molecule has 0 N–H and O–H groups in total. The molecule has 0 nitrogen and oxygen atoms in total. The van der Waals surface area contributed by atoms with E-state index < -0.39 is 0 Å². The molecule has 0 saturated heterocycles. The minimum atomic E-state index is 0. The highest BCUT2D eigenvalue weighted by atomic mass is 14.1. The molecule has 0 spiro atoms. The maximum Gasteiger partial charge on any atom is 0.0768 e. The number of fused-ring (bicyclic) bond motifs is 1. The number of rotatable bonds is 0. The fourth-order valence-corrected chi connectivity index (χ4v) is 1.51. The topological polar surface area (TPSA) is 0 Å². The average Bonchev–Trinajstić information content (AvgIpc) is 2.65. The Balaban J connectivity index is 0. The lowest BCUT2D eigenvalue weighted by atomic mass is 10.1. The lowest BCUT2D eigenvalue weighted by molar-refractivity contribution is 0.737. The SMILES string of the molecule is CC(C)C.C[CH+]C.[CH3-].c1ccc2c(c1)CCC2. The summed E-state index contributed by atoms with van der Waals surface area (Å²) in [5.41, 5.74) is 3.13. The van der Waals surface area contributed by atoms with Crippen molar-refractivity contribution in [3.63, 3.8) is 0 Å². The van der Waals surface area contributed by atoms with E-state index in [-0.39, 0.29) is 7.43 Å². The van der Waals surface area contributed by atoms with Crippen LogP contribution < -0.4 is 0 Å². The largest absolute Gasteiger partial charge is 0.358 e. The van der Waals surface area contributed by atoms with Crippen molar-refractivity contribution < 1.29 is 0 Å². The summed E-state index contributed by atoms with van der Waals surface area (Å²) in [6.45, 7) is 10.5. The van der Waals surface area contributed by atoms with Crippen LogP contribution in [0, 0.1) is 19.8 Å². The molecule has 98 valence electrons. The van der Waals surface area contributed by atoms with E-state index in [1.54, 1.807) is 11.1 Å². The van der Waals surface area contributed by atoms with Crippen molar-refractivity contribution in [3.05, 3.63) is 49.2 Å². The second-order valence-corrected chi connectivity index (χ2v) is 4.93. The van der Waals surface area contributed by atoms with E-state index >= 15 is 0 Å². The van der Waals surface area contributed by atoms with Gasteiger partial charge in [-0.2, -0.15) is 0 Å². The van der Waals surface area contributed by atoms with Gasteiger partial charge in [-0.1, -0.05) is 45.0 Å². The Kier molecular flexibility index (Phi) is 12.6. The third-order valence-electron chi connectivity index (χ3n) is 2.01. The van der Waals surface area contributed by atoms with E-state index in [1.807, 2.05) is 20.3 Å². The standard InChI is InChI=1S/C9H10.C4H10.C3H7.CH3/c1-2-5-9-7-3-6-8(9)4-1;1-4(2)3;1-3-2;/h1-2,4-5H,3,6-7H2;4H,1-3H3;3H,1-2H3;1H3/q;;+1;-1. The Bertz CT molecular complexity index is 235. The van der Waals surface area contributed by atoms with Gasteiger partial charge in [-0.25, -0.2) is 0 Å². The van der Waals surface area contributed by atoms with E-state index in [2.05, 4.69) is 45.0 Å². The van der Waals surface area contributed by atoms with Crippen molar-refractivity contribution in [2.75, 3.05) is 0 Å². The smallest absolute Gasteiger partial charge is 0.0768 e. The third kappa shape index (κ3) is 9.99. The zero-order valence-electron chi connectivity index (χ0n) is 12.6. The van der Waals surface area contributed by atoms with Gasteiger partial charge in [-0.3, -0.25) is 0 Å². The van der Waals surface area contributed by atoms with Gasteiger partial charge >= 0.3 is 0 Å². The molecule has 0 atom stereocenters. The minimum absolute atomic E-state index is 0. The molecule has 1 aliphatic carbocycles. The molecule has 1 aliphatic rings. The van der Waals surface area contributed by atoms with E-state index in [0.29, 0.717) is 0 Å². The number of hydrogen-bond donors (Lipinski definition) is 0. The van der Waals surface area contributed by atoms with Crippen LogP contribution in [0.25, 0.3) is 0 Å². The van der Waals surface area contributed by atoms with Crippen LogP contribution in [0.15, 0.2) is 24.3 Å². The molecule has 1 aromatic rings. The summed E-state index contributed by atoms with van der Waals surface area (Å²) in [6, 6.07) is 8.74. The first kappa shape index (κ1) is 18.5. The maximum absolute atomic E-state index is 2.24. The van der Waals surface area contributed by atoms with E-state index in [4.69, 9.17) is 0 Å². The van der Waals surface area contributed by atoms with Crippen molar-refractivity contribution in [1.29, 1.82) is 0 Å². The molecular weight excluding hydrogens is 204 g/mol. The normalized spacial score (nSPS) is 11.2. The molecular formula is C17H30. The van der Waals surface area contributed by atoms with Crippen LogP contribution in [0.1, 0.15) is 52.2 Å². The first-order chi connectivity index (χ1) is 7.61. The van der Waals surface area contributed by atoms with Crippen molar-refractivity contribution in [1.82, 2.24) is 0 Å². The molecule has 17 heavy (non-hydrogen) atoms. The van der Waals surface area contributed by atoms with Gasteiger partial charge in [0.05, 0.1) is 20.3 Å². The molecule has 0 unspecified atom stereocenters. The second kappa shape index (κ2) is 11.6. The zero-order valence-corrected chi connectivity index (χ0v) is 12.6. The average molecular weight is 234 g/mol. The maximum atomic E-state index is 2.24. The van der Waals surface area contributed by atoms with Gasteiger partial charge in [0, 0.05) is 0 Å². The van der Waals surface area contributed by atoms with Crippen molar-refractivity contribution in [3.8, 4) is 0 Å². The number of benzene rings is 1. The summed E-state index contributed by atoms with van der Waals surface area (Å²) < 4.78 is 0. The van der Waals surface area contributed by atoms with Crippen molar-refractivity contribution in [2.24, 2.45) is 5.92 Å². The van der Waals surface area contributed by atoms with Gasteiger partial charge in [0.1, 0.15) is 0 Å². The summed E-state index contributed by atoms with van der Waals surface area (Å²) in [7, 11) is 0. The van der Waals surface area contributed by atoms with E-state index in [0.717, 1.165) is 5.92 Å². The van der Waals surface area contributed by atoms with Gasteiger partial charge in [0.25, 0.3) is 0 Å². The zero-order chi connectivity index (χ0) is 12.4. The molecule has 2 rings (SSSR count). The van der Waals surface area contributed by atoms with Gasteiger partial charge in [0.2, 0.25) is 0 Å². The Labute approximate surface area is 109 Å². The molecule has 0 saturated carbocycles. The summed E-state index contributed by atoms with van der Waals surface area (Å²) in [6.07, 6.45) is 5.96. The first-order valence-electron chi connectivity index (χ1n) is 6.42. The molecule has 0 aromatic heterocycles. The fourth-order valence-electron chi connectivity index (χ4n) is 1.51. The Hall–Kier alpha value is -0.910. The molecule has 0 aliphatic heterocycles. The molecule has 0 radical (unpaired) electrons. The van der Waals surface area contributed by atoms with Crippen LogP contribution in [-0.2, 0) is 12.8 Å². The summed E-state index contributed by atoms with van der Waals surface area (Å²) in [4.78, 5) is 0. The quantitative estimate of drug-likeness (QED) is 0.519. The monoisotopic (exact) mass is 234 g/mol. The molecule has 0 fully saturated rings. The van der Waals surface area contributed by atoms with Crippen LogP contribution in [0.2, 0.25) is 0 Å². The van der Waals surface area contributed by atoms with Crippen molar-refractivity contribution >= 4 is 0 Å². The highest BCUT2D eigenvalue weighted by Crippen LogP contribution is 2.20. The predicted molar refractivity (Wildman–Crippen MR) is 81.0 cm³/mol. The van der Waals surface area contributed by atoms with Gasteiger partial charge in [0.15, 0.2) is 0 Å². The van der Waals surface area contributed by atoms with Crippen LogP contribution in [0.4, 0.5) is 0 Å². The number of aryl methyl sites for hydroxylation is 2. The van der Waals surface area contributed by atoms with Gasteiger partial charge in [-0.15, -0.1) is 0 Å². The molecule has 0 bridgehead atoms. The first-order valence-corrected chi connectivity index (χ1v) is 6.42. The third-order valence-corrected chi connectivity index (χ3v) is 2.01. The highest BCUT2D eigenvalue weighted by Gasteiger charge is 2.07. The Morgan fingerprint density at radius 3 is 1.53 bits per heavy atom. The lowest BCUT2D eigenvalue weighted by Gasteiger charge is -1.93. The summed E-state index contributed by atoms with van der Waals surface area (Å²) in [5.74, 6) is 0.833. The second-order valence-electron chi connectivity index (χ2n) is 4.93. The van der Waals surface area contributed by atoms with Crippen LogP contribution in [-0.4, -0.2) is 0 Å². The van der Waals surface area contributed by atoms with Gasteiger partial charge < -0.3 is 7.43 Å². The Morgan fingerprint density at radius 2 is 1.24 bits per heavy atom. The summed E-state index contributed by atoms with van der Waals surface area (Å²) in [5, 5.41) is 0. The number of hydrogen-bond acceptors (Lipinski definition) is 0. The molecule has 0 amide bonds. The van der Waals surface area contributed by atoms with Crippen LogP contribution >= 0.6 is 0 Å². The molecule has 0 heterocycles. The van der Waals surface area contributed by atoms with Crippen LogP contribution in [0.3, 0.4) is 0 Å². The summed E-state index contributed by atoms with van der Waals surface area (Å²) >= 11 is 0. The predicted octanol–water partition coefficient (Wildman–Crippen LogP) is 5.52. The van der Waals surface area contributed by atoms with Crippen molar-refractivity contribution in [2.45, 2.75) is 53.9 Å². The Morgan fingerprint density at radius 1 is 0.941 bits per heavy atom. The van der Waals surface area contributed by atoms with Gasteiger partial charge in [-0.05, 0) is 36.3 Å². The fraction of sp³-hybridized carbons (Fsp3) is 0.529.